The Labute approximate surface area is 230 Å². The molecule has 0 radical (unpaired) electrons. The molecule has 0 aromatic heterocycles. The second-order valence-corrected chi connectivity index (χ2v) is 9.73. The van der Waals surface area contributed by atoms with Crippen molar-refractivity contribution in [2.24, 2.45) is 0 Å². The van der Waals surface area contributed by atoms with Gasteiger partial charge in [-0.2, -0.15) is 13.2 Å². The lowest BCUT2D eigenvalue weighted by molar-refractivity contribution is -0.245. The average molecular weight is 583 g/mol. The molecule has 41 heavy (non-hydrogen) atoms. The third-order valence-corrected chi connectivity index (χ3v) is 7.09. The van der Waals surface area contributed by atoms with Gasteiger partial charge >= 0.3 is 6.30 Å². The number of halogens is 6. The van der Waals surface area contributed by atoms with Gasteiger partial charge in [0.25, 0.3) is 11.8 Å². The van der Waals surface area contributed by atoms with E-state index in [2.05, 4.69) is 5.32 Å². The van der Waals surface area contributed by atoms with Gasteiger partial charge in [0.2, 0.25) is 0 Å². The van der Waals surface area contributed by atoms with E-state index in [1.165, 1.54) is 9.80 Å². The summed E-state index contributed by atoms with van der Waals surface area (Å²) in [5.41, 5.74) is -0.633. The Hall–Kier alpha value is -4.04. The van der Waals surface area contributed by atoms with E-state index in [4.69, 9.17) is 4.74 Å². The van der Waals surface area contributed by atoms with Crippen LogP contribution < -0.4 is 5.32 Å². The Morgan fingerprint density at radius 3 is 2.39 bits per heavy atom. The summed E-state index contributed by atoms with van der Waals surface area (Å²) >= 11 is 0. The highest BCUT2D eigenvalue weighted by molar-refractivity contribution is 5.99. The van der Waals surface area contributed by atoms with Crippen LogP contribution in [0.25, 0.3) is 0 Å². The Bertz CT molecular complexity index is 1390. The van der Waals surface area contributed by atoms with Gasteiger partial charge in [-0.15, -0.1) is 0 Å². The van der Waals surface area contributed by atoms with Crippen molar-refractivity contribution in [3.63, 3.8) is 0 Å². The molecule has 2 saturated heterocycles. The van der Waals surface area contributed by atoms with Crippen molar-refractivity contribution in [3.05, 3.63) is 94.3 Å². The lowest BCUT2D eigenvalue weighted by atomic mass is 9.97. The number of hydrogen-bond donors (Lipinski definition) is 2. The maximum Gasteiger partial charge on any atom is 0.460 e. The van der Waals surface area contributed by atoms with Crippen LogP contribution in [0.3, 0.4) is 0 Å². The monoisotopic (exact) mass is 582 g/mol. The predicted molar refractivity (Wildman–Crippen MR) is 130 cm³/mol. The van der Waals surface area contributed by atoms with E-state index in [1.54, 1.807) is 30.3 Å². The lowest BCUT2D eigenvalue weighted by Crippen LogP contribution is -2.57. The second kappa shape index (κ2) is 11.1. The first-order valence-corrected chi connectivity index (χ1v) is 12.6. The number of amides is 2. The van der Waals surface area contributed by atoms with Crippen molar-refractivity contribution >= 4 is 11.8 Å². The van der Waals surface area contributed by atoms with E-state index < -0.39 is 78.5 Å². The molecule has 2 unspecified atom stereocenters. The molecule has 5 rings (SSSR count). The zero-order valence-corrected chi connectivity index (χ0v) is 21.3. The maximum absolute atomic E-state index is 14.1. The van der Waals surface area contributed by atoms with Gasteiger partial charge < -0.3 is 25.0 Å². The molecule has 0 aliphatic carbocycles. The maximum atomic E-state index is 14.1. The molecule has 8 nitrogen and oxygen atoms in total. The molecule has 0 spiro atoms. The molecule has 2 fully saturated rings. The highest BCUT2D eigenvalue weighted by atomic mass is 19.4. The molecular formula is C27H24F6N4O4. The molecule has 3 aliphatic heterocycles. The Kier molecular flexibility index (Phi) is 7.70. The topological polar surface area (TPSA) is 85.3 Å². The number of ether oxygens (including phenoxy) is 1. The minimum Gasteiger partial charge on any atom is -0.488 e. The van der Waals surface area contributed by atoms with Crippen LogP contribution in [0.5, 0.6) is 0 Å². The number of rotatable bonds is 6. The van der Waals surface area contributed by atoms with E-state index in [0.29, 0.717) is 17.7 Å². The van der Waals surface area contributed by atoms with Crippen molar-refractivity contribution in [3.8, 4) is 0 Å². The Morgan fingerprint density at radius 1 is 1.05 bits per heavy atom. The predicted octanol–water partition coefficient (Wildman–Crippen LogP) is 2.76. The van der Waals surface area contributed by atoms with Crippen molar-refractivity contribution in [1.82, 2.24) is 20.0 Å². The van der Waals surface area contributed by atoms with Gasteiger partial charge in [0.1, 0.15) is 35.9 Å². The van der Waals surface area contributed by atoms with Crippen LogP contribution in [0.4, 0.5) is 26.3 Å². The quantitative estimate of drug-likeness (QED) is 0.403. The fourth-order valence-electron chi connectivity index (χ4n) is 4.99. The summed E-state index contributed by atoms with van der Waals surface area (Å²) in [5, 5.41) is 13.4. The van der Waals surface area contributed by atoms with Crippen molar-refractivity contribution < 1.29 is 45.8 Å². The molecule has 3 heterocycles. The standard InChI is InChI=1S/C27H24F6N4O4/c28-16-8-20(29)18(21(30)9-16)10-34-25(39)19-13-37-17-11-35(6-7-36(12-17)27(31,32)33)26(40)22(37)24(23(19)38)41-14-15-4-2-1-3-5-15/h1-5,8-9,13,17,23,38H,6-7,10-12,14H2,(H,34,39). The first-order chi connectivity index (χ1) is 19.4. The second-order valence-electron chi connectivity index (χ2n) is 9.73. The Morgan fingerprint density at radius 2 is 1.73 bits per heavy atom. The summed E-state index contributed by atoms with van der Waals surface area (Å²) in [6.07, 6.45) is -5.46. The van der Waals surface area contributed by atoms with Gasteiger partial charge in [-0.1, -0.05) is 30.3 Å². The summed E-state index contributed by atoms with van der Waals surface area (Å²) in [6.45, 7) is -2.19. The summed E-state index contributed by atoms with van der Waals surface area (Å²) in [7, 11) is 0. The van der Waals surface area contributed by atoms with E-state index in [-0.39, 0.29) is 36.1 Å². The number of piperazine rings is 1. The number of carbonyl (C=O) groups excluding carboxylic acids is 2. The van der Waals surface area contributed by atoms with E-state index >= 15 is 0 Å². The molecule has 14 heteroatoms. The number of aliphatic hydroxyl groups is 1. The van der Waals surface area contributed by atoms with Gasteiger partial charge in [0.05, 0.1) is 11.6 Å². The lowest BCUT2D eigenvalue weighted by Gasteiger charge is -2.44. The number of nitrogens with one attached hydrogen (secondary N) is 1. The first-order valence-electron chi connectivity index (χ1n) is 12.6. The minimum absolute atomic E-state index is 0.0889. The molecule has 2 N–H and O–H groups in total. The summed E-state index contributed by atoms with van der Waals surface area (Å²) in [6, 6.07) is 8.54. The SMILES string of the molecule is O=C(NCc1c(F)cc(F)cc1F)C1=CN2C(=C(OCc3ccccc3)C1O)C(=O)N1CCN(C(F)(F)F)CC2C1. The summed E-state index contributed by atoms with van der Waals surface area (Å²) < 4.78 is 88.3. The highest BCUT2D eigenvalue weighted by Crippen LogP contribution is 2.36. The summed E-state index contributed by atoms with van der Waals surface area (Å²) in [5.74, 6) is -5.71. The fraction of sp³-hybridized carbons (Fsp3) is 0.333. The molecule has 2 amide bonds. The highest BCUT2D eigenvalue weighted by Gasteiger charge is 2.49. The molecule has 0 saturated carbocycles. The van der Waals surface area contributed by atoms with Crippen molar-refractivity contribution in [2.75, 3.05) is 26.2 Å². The number of carbonyl (C=O) groups is 2. The van der Waals surface area contributed by atoms with E-state index in [0.717, 1.165) is 6.20 Å². The van der Waals surface area contributed by atoms with Crippen LogP contribution >= 0.6 is 0 Å². The molecule has 3 aliphatic rings. The first kappa shape index (κ1) is 28.5. The molecule has 2 bridgehead atoms. The van der Waals surface area contributed by atoms with E-state index in [1.807, 2.05) is 0 Å². The van der Waals surface area contributed by atoms with Crippen LogP contribution in [0.2, 0.25) is 0 Å². The number of hydrogen-bond acceptors (Lipinski definition) is 6. The average Bonchev–Trinajstić information content (AvgIpc) is 3.12. The van der Waals surface area contributed by atoms with Crippen LogP contribution in [0.1, 0.15) is 11.1 Å². The van der Waals surface area contributed by atoms with Gasteiger partial charge in [-0.05, 0) is 5.56 Å². The van der Waals surface area contributed by atoms with Gasteiger partial charge in [0, 0.05) is 56.6 Å². The number of benzene rings is 2. The van der Waals surface area contributed by atoms with Gasteiger partial charge in [-0.25, -0.2) is 18.1 Å². The number of fused-ring (bicyclic) bond motifs is 4. The smallest absolute Gasteiger partial charge is 0.460 e. The molecule has 2 aromatic rings. The fourth-order valence-corrected chi connectivity index (χ4v) is 4.99. The van der Waals surface area contributed by atoms with Crippen molar-refractivity contribution in [1.29, 1.82) is 0 Å². The molecular weight excluding hydrogens is 558 g/mol. The molecule has 2 aromatic carbocycles. The number of nitrogens with zero attached hydrogens (tertiary/aromatic N) is 3. The van der Waals surface area contributed by atoms with Crippen LogP contribution in [-0.4, -0.2) is 76.2 Å². The molecule has 218 valence electrons. The Balaban J connectivity index is 1.48. The zero-order valence-electron chi connectivity index (χ0n) is 21.3. The van der Waals surface area contributed by atoms with Crippen LogP contribution in [0, 0.1) is 17.5 Å². The minimum atomic E-state index is -4.68. The van der Waals surface area contributed by atoms with E-state index in [9.17, 15) is 41.0 Å². The number of alkyl halides is 3. The van der Waals surface area contributed by atoms with Gasteiger partial charge in [0.15, 0.2) is 5.76 Å². The van der Waals surface area contributed by atoms with Crippen LogP contribution in [-0.2, 0) is 27.5 Å². The van der Waals surface area contributed by atoms with Crippen LogP contribution in [0.15, 0.2) is 65.7 Å². The largest absolute Gasteiger partial charge is 0.488 e. The van der Waals surface area contributed by atoms with Gasteiger partial charge in [-0.3, -0.25) is 9.59 Å². The molecule has 2 atom stereocenters. The number of aliphatic hydroxyl groups excluding tert-OH is 1. The van der Waals surface area contributed by atoms with Crippen molar-refractivity contribution in [2.45, 2.75) is 31.6 Å². The third-order valence-electron chi connectivity index (χ3n) is 7.09. The summed E-state index contributed by atoms with van der Waals surface area (Å²) in [4.78, 5) is 29.3. The zero-order chi connectivity index (χ0) is 29.5. The normalized spacial score (nSPS) is 21.3. The third kappa shape index (κ3) is 5.75.